The molecular formula is C24H37N3O5. The summed E-state index contributed by atoms with van der Waals surface area (Å²) in [6, 6.07) is 7.08. The lowest BCUT2D eigenvalue weighted by atomic mass is 9.94. The fourth-order valence-electron chi connectivity index (χ4n) is 3.94. The number of nitrogens with one attached hydrogen (secondary N) is 2. The summed E-state index contributed by atoms with van der Waals surface area (Å²) in [7, 11) is 0. The van der Waals surface area contributed by atoms with Gasteiger partial charge < -0.3 is 25.4 Å². The van der Waals surface area contributed by atoms with Crippen LogP contribution in [0.5, 0.6) is 0 Å². The minimum atomic E-state index is -1.22. The number of likely N-dealkylation sites (N-methyl/N-ethyl adjacent to an activating group) is 1. The first-order valence-electron chi connectivity index (χ1n) is 11.4. The average molecular weight is 448 g/mol. The Morgan fingerprint density at radius 2 is 1.75 bits per heavy atom. The van der Waals surface area contributed by atoms with E-state index < -0.39 is 36.3 Å². The molecule has 0 radical (unpaired) electrons. The van der Waals surface area contributed by atoms with E-state index in [0.29, 0.717) is 5.56 Å². The topological polar surface area (TPSA) is 108 Å². The van der Waals surface area contributed by atoms with Crippen molar-refractivity contribution in [2.24, 2.45) is 0 Å². The number of hydrogen-bond acceptors (Lipinski definition) is 5. The molecule has 1 aromatic carbocycles. The van der Waals surface area contributed by atoms with E-state index in [9.17, 15) is 19.5 Å². The lowest BCUT2D eigenvalue weighted by Crippen LogP contribution is -2.55. The van der Waals surface area contributed by atoms with Crippen LogP contribution in [0.2, 0.25) is 0 Å². The van der Waals surface area contributed by atoms with Crippen LogP contribution in [0.4, 0.5) is 4.79 Å². The molecule has 32 heavy (non-hydrogen) atoms. The van der Waals surface area contributed by atoms with Crippen LogP contribution >= 0.6 is 0 Å². The Kier molecular flexibility index (Phi) is 9.50. The monoisotopic (exact) mass is 447 g/mol. The summed E-state index contributed by atoms with van der Waals surface area (Å²) < 4.78 is 5.22. The van der Waals surface area contributed by atoms with Gasteiger partial charge in [-0.2, -0.15) is 0 Å². The summed E-state index contributed by atoms with van der Waals surface area (Å²) in [4.78, 5) is 40.3. The third-order valence-electron chi connectivity index (χ3n) is 5.42. The first-order chi connectivity index (χ1) is 15.2. The molecule has 3 amide bonds. The van der Waals surface area contributed by atoms with E-state index >= 15 is 0 Å². The van der Waals surface area contributed by atoms with Gasteiger partial charge in [0.05, 0.1) is 6.61 Å². The Balaban J connectivity index is 2.25. The van der Waals surface area contributed by atoms with Gasteiger partial charge in [-0.25, -0.2) is 4.79 Å². The standard InChI is InChI=1S/C24H37N3O5/c1-5-27(22(30)19(16-28)26-23(31)32-24(2,3)4)20(17-12-8-6-9-13-17)21(29)25-18-14-10-7-11-15-18/h6,8-9,12-13,18-20,28H,5,7,10-11,14-16H2,1-4H3,(H,25,29)(H,26,31). The number of carbonyl (C=O) groups is 3. The molecule has 8 nitrogen and oxygen atoms in total. The number of amides is 3. The van der Waals surface area contributed by atoms with Crippen molar-refractivity contribution in [2.45, 2.75) is 83.5 Å². The van der Waals surface area contributed by atoms with E-state index in [1.807, 2.05) is 18.2 Å². The lowest BCUT2D eigenvalue weighted by molar-refractivity contribution is -0.143. The summed E-state index contributed by atoms with van der Waals surface area (Å²) in [6.45, 7) is 6.51. The Hall–Kier alpha value is -2.61. The minimum Gasteiger partial charge on any atom is -0.444 e. The highest BCUT2D eigenvalue weighted by atomic mass is 16.6. The van der Waals surface area contributed by atoms with Crippen molar-refractivity contribution in [3.05, 3.63) is 35.9 Å². The van der Waals surface area contributed by atoms with Gasteiger partial charge >= 0.3 is 6.09 Å². The molecule has 1 aliphatic carbocycles. The molecule has 0 saturated heterocycles. The van der Waals surface area contributed by atoms with E-state index in [1.54, 1.807) is 39.8 Å². The number of benzene rings is 1. The van der Waals surface area contributed by atoms with Crippen LogP contribution < -0.4 is 10.6 Å². The molecule has 1 aliphatic rings. The molecule has 2 rings (SSSR count). The number of aliphatic hydroxyl groups is 1. The minimum absolute atomic E-state index is 0.0878. The number of ether oxygens (including phenoxy) is 1. The number of rotatable bonds is 8. The van der Waals surface area contributed by atoms with Crippen molar-refractivity contribution in [1.29, 1.82) is 0 Å². The SMILES string of the molecule is CCN(C(=O)C(CO)NC(=O)OC(C)(C)C)C(C(=O)NC1CCCCC1)c1ccccc1. The highest BCUT2D eigenvalue weighted by molar-refractivity contribution is 5.92. The molecule has 1 saturated carbocycles. The molecule has 2 atom stereocenters. The Morgan fingerprint density at radius 3 is 2.28 bits per heavy atom. The molecule has 1 aromatic rings. The fourth-order valence-corrected chi connectivity index (χ4v) is 3.94. The van der Waals surface area contributed by atoms with Crippen molar-refractivity contribution in [1.82, 2.24) is 15.5 Å². The van der Waals surface area contributed by atoms with Gasteiger partial charge in [-0.3, -0.25) is 9.59 Å². The molecule has 1 fully saturated rings. The predicted octanol–water partition coefficient (Wildman–Crippen LogP) is 2.91. The maximum atomic E-state index is 13.4. The third-order valence-corrected chi connectivity index (χ3v) is 5.42. The van der Waals surface area contributed by atoms with Gasteiger partial charge in [-0.05, 0) is 46.1 Å². The first kappa shape index (κ1) is 25.6. The van der Waals surface area contributed by atoms with Gasteiger partial charge in [0.2, 0.25) is 11.8 Å². The molecule has 178 valence electrons. The van der Waals surface area contributed by atoms with Crippen molar-refractivity contribution >= 4 is 17.9 Å². The smallest absolute Gasteiger partial charge is 0.408 e. The zero-order chi connectivity index (χ0) is 23.7. The number of nitrogens with zero attached hydrogens (tertiary/aromatic N) is 1. The average Bonchev–Trinajstić information content (AvgIpc) is 2.75. The van der Waals surface area contributed by atoms with Crippen LogP contribution in [0.3, 0.4) is 0 Å². The number of carbonyl (C=O) groups excluding carboxylic acids is 3. The lowest BCUT2D eigenvalue weighted by Gasteiger charge is -2.34. The molecule has 0 heterocycles. The number of aliphatic hydroxyl groups excluding tert-OH is 1. The molecule has 2 unspecified atom stereocenters. The van der Waals surface area contributed by atoms with E-state index in [4.69, 9.17) is 4.74 Å². The molecule has 8 heteroatoms. The Labute approximate surface area is 190 Å². The number of alkyl carbamates (subject to hydrolysis) is 1. The second-order valence-electron chi connectivity index (χ2n) is 9.16. The van der Waals surface area contributed by atoms with E-state index in [2.05, 4.69) is 10.6 Å². The van der Waals surface area contributed by atoms with Crippen molar-refractivity contribution in [3.8, 4) is 0 Å². The first-order valence-corrected chi connectivity index (χ1v) is 11.4. The van der Waals surface area contributed by atoms with Gasteiger partial charge in [0.15, 0.2) is 0 Å². The maximum Gasteiger partial charge on any atom is 0.408 e. The molecule has 0 aromatic heterocycles. The van der Waals surface area contributed by atoms with E-state index in [0.717, 1.165) is 25.7 Å². The van der Waals surface area contributed by atoms with Crippen molar-refractivity contribution < 1.29 is 24.2 Å². The van der Waals surface area contributed by atoms with E-state index in [-0.39, 0.29) is 18.5 Å². The summed E-state index contributed by atoms with van der Waals surface area (Å²) >= 11 is 0. The van der Waals surface area contributed by atoms with Gasteiger partial charge in [0, 0.05) is 12.6 Å². The highest BCUT2D eigenvalue weighted by Crippen LogP contribution is 2.24. The van der Waals surface area contributed by atoms with Crippen molar-refractivity contribution in [2.75, 3.05) is 13.2 Å². The number of hydrogen-bond donors (Lipinski definition) is 3. The second kappa shape index (κ2) is 11.9. The zero-order valence-corrected chi connectivity index (χ0v) is 19.6. The molecular weight excluding hydrogens is 410 g/mol. The van der Waals surface area contributed by atoms with Gasteiger partial charge in [-0.1, -0.05) is 49.6 Å². The molecule has 3 N–H and O–H groups in total. The molecule has 0 spiro atoms. The van der Waals surface area contributed by atoms with Crippen LogP contribution in [0.15, 0.2) is 30.3 Å². The predicted molar refractivity (Wildman–Crippen MR) is 122 cm³/mol. The van der Waals surface area contributed by atoms with Crippen LogP contribution in [-0.2, 0) is 14.3 Å². The second-order valence-corrected chi connectivity index (χ2v) is 9.16. The molecule has 0 aliphatic heterocycles. The van der Waals surface area contributed by atoms with Crippen molar-refractivity contribution in [3.63, 3.8) is 0 Å². The largest absolute Gasteiger partial charge is 0.444 e. The van der Waals surface area contributed by atoms with E-state index in [1.165, 1.54) is 11.3 Å². The zero-order valence-electron chi connectivity index (χ0n) is 19.6. The summed E-state index contributed by atoms with van der Waals surface area (Å²) in [5, 5.41) is 15.4. The maximum absolute atomic E-state index is 13.4. The summed E-state index contributed by atoms with van der Waals surface area (Å²) in [5.74, 6) is -0.805. The summed E-state index contributed by atoms with van der Waals surface area (Å²) in [5.41, 5.74) is -0.0747. The quantitative estimate of drug-likeness (QED) is 0.568. The van der Waals surface area contributed by atoms with Gasteiger partial charge in [0.25, 0.3) is 0 Å². The highest BCUT2D eigenvalue weighted by Gasteiger charge is 2.36. The van der Waals surface area contributed by atoms with Gasteiger partial charge in [0.1, 0.15) is 17.7 Å². The van der Waals surface area contributed by atoms with Crippen LogP contribution in [0.25, 0.3) is 0 Å². The fraction of sp³-hybridized carbons (Fsp3) is 0.625. The summed E-state index contributed by atoms with van der Waals surface area (Å²) in [6.07, 6.45) is 4.36. The molecule has 0 bridgehead atoms. The normalized spacial score (nSPS) is 16.5. The third kappa shape index (κ3) is 7.51. The van der Waals surface area contributed by atoms with Crippen LogP contribution in [0, 0.1) is 0 Å². The Bertz CT molecular complexity index is 757. The Morgan fingerprint density at radius 1 is 1.12 bits per heavy atom. The van der Waals surface area contributed by atoms with Crippen LogP contribution in [-0.4, -0.2) is 58.8 Å². The van der Waals surface area contributed by atoms with Gasteiger partial charge in [-0.15, -0.1) is 0 Å². The van der Waals surface area contributed by atoms with Crippen LogP contribution in [0.1, 0.15) is 71.4 Å².